The SMILES string of the molecule is Clc1ccccc1CNC[C@@H]1CCCNC1. The minimum atomic E-state index is 0.774. The number of piperidine rings is 1. The van der Waals surface area contributed by atoms with Crippen molar-refractivity contribution in [1.82, 2.24) is 10.6 Å². The molecule has 2 N–H and O–H groups in total. The average molecular weight is 239 g/mol. The van der Waals surface area contributed by atoms with Gasteiger partial charge in [-0.15, -0.1) is 0 Å². The van der Waals surface area contributed by atoms with Crippen LogP contribution in [0, 0.1) is 5.92 Å². The zero-order chi connectivity index (χ0) is 11.2. The highest BCUT2D eigenvalue weighted by Crippen LogP contribution is 2.15. The van der Waals surface area contributed by atoms with Gasteiger partial charge in [0.25, 0.3) is 0 Å². The van der Waals surface area contributed by atoms with Crippen LogP contribution < -0.4 is 10.6 Å². The zero-order valence-corrected chi connectivity index (χ0v) is 10.3. The van der Waals surface area contributed by atoms with Gasteiger partial charge in [-0.1, -0.05) is 29.8 Å². The van der Waals surface area contributed by atoms with Gasteiger partial charge in [0.05, 0.1) is 0 Å². The summed E-state index contributed by atoms with van der Waals surface area (Å²) in [7, 11) is 0. The second-order valence-corrected chi connectivity index (χ2v) is 4.84. The molecule has 1 fully saturated rings. The van der Waals surface area contributed by atoms with Crippen LogP contribution in [0.5, 0.6) is 0 Å². The fourth-order valence-electron chi connectivity index (χ4n) is 2.15. The molecule has 1 aromatic rings. The summed E-state index contributed by atoms with van der Waals surface area (Å²) in [5, 5.41) is 7.77. The lowest BCUT2D eigenvalue weighted by molar-refractivity contribution is 0.360. The van der Waals surface area contributed by atoms with Crippen molar-refractivity contribution in [3.8, 4) is 0 Å². The maximum absolute atomic E-state index is 6.09. The Balaban J connectivity index is 1.73. The van der Waals surface area contributed by atoms with Gasteiger partial charge in [-0.25, -0.2) is 0 Å². The first-order valence-electron chi connectivity index (χ1n) is 6.01. The first kappa shape index (κ1) is 11.9. The van der Waals surface area contributed by atoms with Gasteiger partial charge in [0.1, 0.15) is 0 Å². The molecule has 2 nitrogen and oxygen atoms in total. The van der Waals surface area contributed by atoms with Crippen LogP contribution in [0.4, 0.5) is 0 Å². The Hall–Kier alpha value is -0.570. The molecule has 0 amide bonds. The molecular formula is C13H19ClN2. The molecule has 1 aromatic carbocycles. The number of nitrogens with one attached hydrogen (secondary N) is 2. The normalized spacial score (nSPS) is 20.9. The van der Waals surface area contributed by atoms with Gasteiger partial charge in [0, 0.05) is 11.6 Å². The van der Waals surface area contributed by atoms with Crippen molar-refractivity contribution >= 4 is 11.6 Å². The highest BCUT2D eigenvalue weighted by Gasteiger charge is 2.12. The van der Waals surface area contributed by atoms with E-state index < -0.39 is 0 Å². The van der Waals surface area contributed by atoms with Crippen molar-refractivity contribution < 1.29 is 0 Å². The van der Waals surface area contributed by atoms with Crippen LogP contribution in [0.15, 0.2) is 24.3 Å². The summed E-state index contributed by atoms with van der Waals surface area (Å²) in [6.07, 6.45) is 2.64. The van der Waals surface area contributed by atoms with E-state index in [2.05, 4.69) is 16.7 Å². The van der Waals surface area contributed by atoms with E-state index in [4.69, 9.17) is 11.6 Å². The van der Waals surface area contributed by atoms with Gasteiger partial charge < -0.3 is 10.6 Å². The first-order valence-corrected chi connectivity index (χ1v) is 6.39. The number of benzene rings is 1. The lowest BCUT2D eigenvalue weighted by atomic mass is 10.00. The monoisotopic (exact) mass is 238 g/mol. The quantitative estimate of drug-likeness (QED) is 0.842. The van der Waals surface area contributed by atoms with Crippen LogP contribution in [0.3, 0.4) is 0 Å². The standard InChI is InChI=1S/C13H19ClN2/c14-13-6-2-1-5-12(13)10-16-9-11-4-3-7-15-8-11/h1-2,5-6,11,15-16H,3-4,7-10H2/t11-/m1/s1. The molecule has 0 aromatic heterocycles. The zero-order valence-electron chi connectivity index (χ0n) is 9.51. The van der Waals surface area contributed by atoms with Gasteiger partial charge in [-0.3, -0.25) is 0 Å². The molecule has 3 heteroatoms. The van der Waals surface area contributed by atoms with Crippen molar-refractivity contribution in [1.29, 1.82) is 0 Å². The fraction of sp³-hybridized carbons (Fsp3) is 0.538. The van der Waals surface area contributed by atoms with Crippen LogP contribution in [-0.4, -0.2) is 19.6 Å². The van der Waals surface area contributed by atoms with E-state index in [0.717, 1.165) is 30.6 Å². The third-order valence-corrected chi connectivity index (χ3v) is 3.47. The second-order valence-electron chi connectivity index (χ2n) is 4.43. The number of halogens is 1. The van der Waals surface area contributed by atoms with E-state index in [9.17, 15) is 0 Å². The maximum Gasteiger partial charge on any atom is 0.0450 e. The number of hydrogen-bond donors (Lipinski definition) is 2. The molecule has 0 bridgehead atoms. The molecule has 16 heavy (non-hydrogen) atoms. The van der Waals surface area contributed by atoms with E-state index >= 15 is 0 Å². The lowest BCUT2D eigenvalue weighted by Gasteiger charge is -2.23. The molecular weight excluding hydrogens is 220 g/mol. The fourth-order valence-corrected chi connectivity index (χ4v) is 2.35. The van der Waals surface area contributed by atoms with Crippen LogP contribution >= 0.6 is 11.6 Å². The minimum Gasteiger partial charge on any atom is -0.316 e. The van der Waals surface area contributed by atoms with Gasteiger partial charge >= 0.3 is 0 Å². The molecule has 0 radical (unpaired) electrons. The Bertz CT molecular complexity index is 321. The van der Waals surface area contributed by atoms with Gasteiger partial charge in [-0.2, -0.15) is 0 Å². The average Bonchev–Trinajstić information content (AvgIpc) is 2.33. The third kappa shape index (κ3) is 3.48. The smallest absolute Gasteiger partial charge is 0.0450 e. The van der Waals surface area contributed by atoms with Crippen molar-refractivity contribution in [2.45, 2.75) is 19.4 Å². The van der Waals surface area contributed by atoms with Crippen LogP contribution in [0.2, 0.25) is 5.02 Å². The molecule has 2 rings (SSSR count). The van der Waals surface area contributed by atoms with Gasteiger partial charge in [-0.05, 0) is 50.0 Å². The van der Waals surface area contributed by atoms with Crippen LogP contribution in [0.1, 0.15) is 18.4 Å². The van der Waals surface area contributed by atoms with E-state index in [0.29, 0.717) is 0 Å². The maximum atomic E-state index is 6.09. The van der Waals surface area contributed by atoms with E-state index in [1.54, 1.807) is 0 Å². The molecule has 1 heterocycles. The molecule has 0 unspecified atom stereocenters. The molecule has 88 valence electrons. The molecule has 1 saturated heterocycles. The number of hydrogen-bond acceptors (Lipinski definition) is 2. The second kappa shape index (κ2) is 6.24. The largest absolute Gasteiger partial charge is 0.316 e. The highest BCUT2D eigenvalue weighted by molar-refractivity contribution is 6.31. The number of rotatable bonds is 4. The molecule has 1 atom stereocenters. The summed E-state index contributed by atoms with van der Waals surface area (Å²) < 4.78 is 0. The summed E-state index contributed by atoms with van der Waals surface area (Å²) in [4.78, 5) is 0. The van der Waals surface area contributed by atoms with Gasteiger partial charge in [0.2, 0.25) is 0 Å². The molecule has 1 aliphatic heterocycles. The first-order chi connectivity index (χ1) is 7.86. The Kier molecular flexibility index (Phi) is 4.64. The van der Waals surface area contributed by atoms with E-state index in [1.165, 1.54) is 24.9 Å². The van der Waals surface area contributed by atoms with Crippen LogP contribution in [-0.2, 0) is 6.54 Å². The van der Waals surface area contributed by atoms with E-state index in [-0.39, 0.29) is 0 Å². The summed E-state index contributed by atoms with van der Waals surface area (Å²) in [5.74, 6) is 0.774. The van der Waals surface area contributed by atoms with Crippen molar-refractivity contribution in [2.75, 3.05) is 19.6 Å². The summed E-state index contributed by atoms with van der Waals surface area (Å²) in [6.45, 7) is 4.28. The Morgan fingerprint density at radius 3 is 3.00 bits per heavy atom. The predicted octanol–water partition coefficient (Wildman–Crippen LogP) is 2.43. The van der Waals surface area contributed by atoms with Crippen molar-refractivity contribution in [3.05, 3.63) is 34.9 Å². The Morgan fingerprint density at radius 2 is 2.25 bits per heavy atom. The van der Waals surface area contributed by atoms with Gasteiger partial charge in [0.15, 0.2) is 0 Å². The highest BCUT2D eigenvalue weighted by atomic mass is 35.5. The Labute approximate surface area is 102 Å². The third-order valence-electron chi connectivity index (χ3n) is 3.11. The predicted molar refractivity (Wildman–Crippen MR) is 68.8 cm³/mol. The topological polar surface area (TPSA) is 24.1 Å². The molecule has 0 spiro atoms. The van der Waals surface area contributed by atoms with E-state index in [1.807, 2.05) is 18.2 Å². The summed E-state index contributed by atoms with van der Waals surface area (Å²) in [6, 6.07) is 8.02. The molecule has 1 aliphatic rings. The van der Waals surface area contributed by atoms with Crippen molar-refractivity contribution in [2.24, 2.45) is 5.92 Å². The van der Waals surface area contributed by atoms with Crippen LogP contribution in [0.25, 0.3) is 0 Å². The van der Waals surface area contributed by atoms with Crippen molar-refractivity contribution in [3.63, 3.8) is 0 Å². The minimum absolute atomic E-state index is 0.774. The molecule has 0 saturated carbocycles. The summed E-state index contributed by atoms with van der Waals surface area (Å²) >= 11 is 6.09. The Morgan fingerprint density at radius 1 is 1.38 bits per heavy atom. The lowest BCUT2D eigenvalue weighted by Crippen LogP contribution is -2.35. The molecule has 0 aliphatic carbocycles. The summed E-state index contributed by atoms with van der Waals surface area (Å²) in [5.41, 5.74) is 1.19.